The van der Waals surface area contributed by atoms with Crippen LogP contribution in [0.3, 0.4) is 0 Å². The van der Waals surface area contributed by atoms with Crippen molar-refractivity contribution in [3.8, 4) is 0 Å². The van der Waals surface area contributed by atoms with Crippen LogP contribution in [-0.4, -0.2) is 33.8 Å². The van der Waals surface area contributed by atoms with Crippen LogP contribution < -0.4 is 5.32 Å². The van der Waals surface area contributed by atoms with Crippen molar-refractivity contribution < 1.29 is 19.5 Å². The predicted molar refractivity (Wildman–Crippen MR) is 58.4 cm³/mol. The largest absolute Gasteiger partial charge is 0.480 e. The first-order chi connectivity index (χ1) is 8.00. The van der Waals surface area contributed by atoms with Crippen LogP contribution in [0.5, 0.6) is 0 Å². The first kappa shape index (κ1) is 12.8. The Balaban J connectivity index is 2.71. The molecule has 0 saturated carbocycles. The molecule has 1 aromatic rings. The number of carboxylic acids is 1. The molecule has 0 radical (unpaired) electrons. The standard InChI is InChI=1S/C11H12N2O4/c1-7(14)6-9(11(16)17)13-10(15)8-2-4-12-5-3-8/h2-5,9H,6H2,1H3,(H,13,15)(H,16,17). The van der Waals surface area contributed by atoms with Crippen molar-refractivity contribution >= 4 is 17.7 Å². The van der Waals surface area contributed by atoms with E-state index in [-0.39, 0.29) is 12.2 Å². The Morgan fingerprint density at radius 3 is 2.41 bits per heavy atom. The van der Waals surface area contributed by atoms with Crippen LogP contribution >= 0.6 is 0 Å². The lowest BCUT2D eigenvalue weighted by Crippen LogP contribution is -2.41. The van der Waals surface area contributed by atoms with Gasteiger partial charge in [-0.05, 0) is 19.1 Å². The molecule has 90 valence electrons. The first-order valence-corrected chi connectivity index (χ1v) is 4.94. The maximum Gasteiger partial charge on any atom is 0.326 e. The van der Waals surface area contributed by atoms with Crippen molar-refractivity contribution in [2.24, 2.45) is 0 Å². The van der Waals surface area contributed by atoms with Crippen molar-refractivity contribution in [1.82, 2.24) is 10.3 Å². The lowest BCUT2D eigenvalue weighted by molar-refractivity contribution is -0.140. The van der Waals surface area contributed by atoms with E-state index < -0.39 is 17.9 Å². The second-order valence-corrected chi connectivity index (χ2v) is 3.51. The summed E-state index contributed by atoms with van der Waals surface area (Å²) >= 11 is 0. The van der Waals surface area contributed by atoms with E-state index in [4.69, 9.17) is 5.11 Å². The van der Waals surface area contributed by atoms with E-state index >= 15 is 0 Å². The van der Waals surface area contributed by atoms with E-state index in [0.29, 0.717) is 5.56 Å². The van der Waals surface area contributed by atoms with E-state index in [9.17, 15) is 14.4 Å². The molecule has 0 aromatic carbocycles. The third-order valence-corrected chi connectivity index (χ3v) is 2.04. The molecule has 1 atom stereocenters. The molecule has 6 nitrogen and oxygen atoms in total. The fourth-order valence-electron chi connectivity index (χ4n) is 1.23. The lowest BCUT2D eigenvalue weighted by atomic mass is 10.1. The number of rotatable bonds is 5. The summed E-state index contributed by atoms with van der Waals surface area (Å²) in [5.41, 5.74) is 0.301. The summed E-state index contributed by atoms with van der Waals surface area (Å²) in [6.07, 6.45) is 2.62. The number of carbonyl (C=O) groups is 3. The van der Waals surface area contributed by atoms with Crippen LogP contribution in [0.25, 0.3) is 0 Å². The van der Waals surface area contributed by atoms with E-state index in [1.165, 1.54) is 31.5 Å². The monoisotopic (exact) mass is 236 g/mol. The minimum Gasteiger partial charge on any atom is -0.480 e. The molecule has 0 aliphatic carbocycles. The number of nitrogens with zero attached hydrogens (tertiary/aromatic N) is 1. The van der Waals surface area contributed by atoms with Gasteiger partial charge in [0, 0.05) is 24.4 Å². The predicted octanol–water partition coefficient (Wildman–Crippen LogP) is 0.244. The Kier molecular flexibility index (Phi) is 4.33. The molecule has 0 saturated heterocycles. The van der Waals surface area contributed by atoms with E-state index in [2.05, 4.69) is 10.3 Å². The fourth-order valence-corrected chi connectivity index (χ4v) is 1.23. The SMILES string of the molecule is CC(=O)CC(NC(=O)c1ccncc1)C(=O)O. The van der Waals surface area contributed by atoms with Gasteiger partial charge < -0.3 is 10.4 Å². The molecule has 1 unspecified atom stereocenters. The Bertz CT molecular complexity index is 430. The number of ketones is 1. The molecule has 2 N–H and O–H groups in total. The molecule has 0 spiro atoms. The quantitative estimate of drug-likeness (QED) is 0.763. The maximum atomic E-state index is 11.6. The van der Waals surface area contributed by atoms with Crippen molar-refractivity contribution in [2.75, 3.05) is 0 Å². The summed E-state index contributed by atoms with van der Waals surface area (Å²) in [6, 6.07) is 1.72. The van der Waals surface area contributed by atoms with Crippen LogP contribution in [0.4, 0.5) is 0 Å². The molecule has 1 amide bonds. The first-order valence-electron chi connectivity index (χ1n) is 4.94. The van der Waals surface area contributed by atoms with Gasteiger partial charge in [0.25, 0.3) is 5.91 Å². The van der Waals surface area contributed by atoms with Gasteiger partial charge >= 0.3 is 5.97 Å². The van der Waals surface area contributed by atoms with Gasteiger partial charge in [0.1, 0.15) is 11.8 Å². The van der Waals surface area contributed by atoms with Crippen LogP contribution in [0.2, 0.25) is 0 Å². The number of pyridine rings is 1. The van der Waals surface area contributed by atoms with Crippen molar-refractivity contribution in [2.45, 2.75) is 19.4 Å². The molecular formula is C11H12N2O4. The summed E-state index contributed by atoms with van der Waals surface area (Å²) in [5, 5.41) is 11.1. The third-order valence-electron chi connectivity index (χ3n) is 2.04. The molecule has 17 heavy (non-hydrogen) atoms. The fraction of sp³-hybridized carbons (Fsp3) is 0.273. The van der Waals surface area contributed by atoms with Crippen molar-refractivity contribution in [3.63, 3.8) is 0 Å². The zero-order chi connectivity index (χ0) is 12.8. The zero-order valence-electron chi connectivity index (χ0n) is 9.21. The Morgan fingerprint density at radius 1 is 1.35 bits per heavy atom. The van der Waals surface area contributed by atoms with Crippen LogP contribution in [0, 0.1) is 0 Å². The number of amides is 1. The number of Topliss-reactive ketones (excluding diaryl/α,β-unsaturated/α-hetero) is 1. The molecular weight excluding hydrogens is 224 g/mol. The average Bonchev–Trinajstić information content (AvgIpc) is 2.28. The molecule has 0 aliphatic rings. The van der Waals surface area contributed by atoms with Crippen LogP contribution in [0.15, 0.2) is 24.5 Å². The van der Waals surface area contributed by atoms with Gasteiger partial charge in [-0.2, -0.15) is 0 Å². The Morgan fingerprint density at radius 2 is 1.94 bits per heavy atom. The lowest BCUT2D eigenvalue weighted by Gasteiger charge is -2.12. The number of aromatic nitrogens is 1. The molecule has 6 heteroatoms. The van der Waals surface area contributed by atoms with Crippen LogP contribution in [-0.2, 0) is 9.59 Å². The summed E-state index contributed by atoms with van der Waals surface area (Å²) in [4.78, 5) is 37.0. The number of carboxylic acid groups (broad SMARTS) is 1. The molecule has 1 aromatic heterocycles. The highest BCUT2D eigenvalue weighted by Gasteiger charge is 2.21. The molecule has 0 bridgehead atoms. The highest BCUT2D eigenvalue weighted by molar-refractivity contribution is 5.97. The second kappa shape index (κ2) is 5.74. The van der Waals surface area contributed by atoms with E-state index in [1.807, 2.05) is 0 Å². The van der Waals surface area contributed by atoms with Crippen molar-refractivity contribution in [1.29, 1.82) is 0 Å². The molecule has 0 aliphatic heterocycles. The molecule has 1 rings (SSSR count). The molecule has 1 heterocycles. The second-order valence-electron chi connectivity index (χ2n) is 3.51. The van der Waals surface area contributed by atoms with Gasteiger partial charge in [0.2, 0.25) is 0 Å². The third kappa shape index (κ3) is 4.02. The van der Waals surface area contributed by atoms with Crippen molar-refractivity contribution in [3.05, 3.63) is 30.1 Å². The number of hydrogen-bond acceptors (Lipinski definition) is 4. The van der Waals surface area contributed by atoms with E-state index in [0.717, 1.165) is 0 Å². The summed E-state index contributed by atoms with van der Waals surface area (Å²) in [6.45, 7) is 1.27. The molecule has 0 fully saturated rings. The minimum atomic E-state index is -1.23. The van der Waals surface area contributed by atoms with E-state index in [1.54, 1.807) is 0 Å². The zero-order valence-corrected chi connectivity index (χ0v) is 9.21. The van der Waals surface area contributed by atoms with Gasteiger partial charge in [0.05, 0.1) is 0 Å². The Hall–Kier alpha value is -2.24. The number of carbonyl (C=O) groups excluding carboxylic acids is 2. The number of aliphatic carboxylic acids is 1. The minimum absolute atomic E-state index is 0.230. The number of hydrogen-bond donors (Lipinski definition) is 2. The average molecular weight is 236 g/mol. The smallest absolute Gasteiger partial charge is 0.326 e. The number of nitrogens with one attached hydrogen (secondary N) is 1. The van der Waals surface area contributed by atoms with Gasteiger partial charge in [0.15, 0.2) is 0 Å². The summed E-state index contributed by atoms with van der Waals surface area (Å²) < 4.78 is 0. The highest BCUT2D eigenvalue weighted by Crippen LogP contribution is 2.00. The van der Waals surface area contributed by atoms with Crippen LogP contribution in [0.1, 0.15) is 23.7 Å². The summed E-state index contributed by atoms with van der Waals surface area (Å²) in [5.74, 6) is -2.07. The Labute approximate surface area is 97.7 Å². The highest BCUT2D eigenvalue weighted by atomic mass is 16.4. The van der Waals surface area contributed by atoms with Gasteiger partial charge in [-0.1, -0.05) is 0 Å². The summed E-state index contributed by atoms with van der Waals surface area (Å²) in [7, 11) is 0. The van der Waals surface area contributed by atoms with Gasteiger partial charge in [-0.3, -0.25) is 14.6 Å². The van der Waals surface area contributed by atoms with Gasteiger partial charge in [-0.15, -0.1) is 0 Å². The topological polar surface area (TPSA) is 96.4 Å². The normalized spacial score (nSPS) is 11.6. The maximum absolute atomic E-state index is 11.6. The van der Waals surface area contributed by atoms with Gasteiger partial charge in [-0.25, -0.2) is 4.79 Å².